The van der Waals surface area contributed by atoms with Crippen molar-refractivity contribution in [2.24, 2.45) is 0 Å². The normalized spacial score (nSPS) is 15.5. The van der Waals surface area contributed by atoms with Crippen LogP contribution in [0.2, 0.25) is 0 Å². The lowest BCUT2D eigenvalue weighted by Crippen LogP contribution is -2.19. The Balaban J connectivity index is 2.48. The molecule has 0 spiro atoms. The van der Waals surface area contributed by atoms with Gasteiger partial charge in [0, 0.05) is 0 Å². The molecule has 76 valence electrons. The number of sulfonamides is 1. The number of aryl methyl sites for hydroxylation is 2. The molecule has 4 nitrogen and oxygen atoms in total. The summed E-state index contributed by atoms with van der Waals surface area (Å²) in [5.74, 6) is 0. The molecule has 2 rings (SSSR count). The smallest absolute Gasteiger partial charge is 0.262 e. The van der Waals surface area contributed by atoms with E-state index in [-0.39, 0.29) is 4.90 Å². The first kappa shape index (κ1) is 9.64. The van der Waals surface area contributed by atoms with E-state index in [0.29, 0.717) is 0 Å². The minimum Gasteiger partial charge on any atom is -0.302 e. The van der Waals surface area contributed by atoms with Crippen LogP contribution < -0.4 is 4.89 Å². The predicted octanol–water partition coefficient (Wildman–Crippen LogP) is 0.843. The Morgan fingerprint density at radius 1 is 1.21 bits per heavy atom. The molecular weight excluding hydrogens is 202 g/mol. The Morgan fingerprint density at radius 3 is 2.64 bits per heavy atom. The molecule has 1 aliphatic rings. The van der Waals surface area contributed by atoms with E-state index in [0.717, 1.165) is 24.8 Å². The Morgan fingerprint density at radius 2 is 1.93 bits per heavy atom. The molecule has 2 N–H and O–H groups in total. The summed E-state index contributed by atoms with van der Waals surface area (Å²) in [6.07, 6.45) is 3.01. The van der Waals surface area contributed by atoms with Gasteiger partial charge in [-0.15, -0.1) is 0 Å². The van der Waals surface area contributed by atoms with Crippen molar-refractivity contribution in [3.63, 3.8) is 0 Å². The maximum Gasteiger partial charge on any atom is 0.262 e. The molecule has 0 bridgehead atoms. The van der Waals surface area contributed by atoms with E-state index >= 15 is 0 Å². The van der Waals surface area contributed by atoms with Crippen molar-refractivity contribution >= 4 is 10.0 Å². The molecule has 14 heavy (non-hydrogen) atoms. The highest BCUT2D eigenvalue weighted by Gasteiger charge is 2.17. The van der Waals surface area contributed by atoms with Crippen LogP contribution in [-0.2, 0) is 22.9 Å². The van der Waals surface area contributed by atoms with Crippen LogP contribution in [0.15, 0.2) is 23.1 Å². The summed E-state index contributed by atoms with van der Waals surface area (Å²) in [5.41, 5.74) is 2.28. The van der Waals surface area contributed by atoms with Gasteiger partial charge in [0.2, 0.25) is 0 Å². The molecule has 0 aromatic heterocycles. The molecule has 0 aliphatic heterocycles. The molecule has 0 fully saturated rings. The van der Waals surface area contributed by atoms with Crippen LogP contribution in [0.25, 0.3) is 0 Å². The van der Waals surface area contributed by atoms with Crippen LogP contribution in [0.4, 0.5) is 0 Å². The SMILES string of the molecule is O=S(=O)(NO)c1ccc2c(c1)CCC2. The summed E-state index contributed by atoms with van der Waals surface area (Å²) in [4.78, 5) is 1.45. The molecular formula is C9H11NO3S. The topological polar surface area (TPSA) is 66.4 Å². The molecule has 0 saturated carbocycles. The lowest BCUT2D eigenvalue weighted by molar-refractivity contribution is 0.242. The van der Waals surface area contributed by atoms with E-state index in [1.54, 1.807) is 6.07 Å². The molecule has 0 saturated heterocycles. The van der Waals surface area contributed by atoms with Gasteiger partial charge in [-0.1, -0.05) is 11.0 Å². The highest BCUT2D eigenvalue weighted by atomic mass is 32.2. The van der Waals surface area contributed by atoms with E-state index in [1.807, 2.05) is 6.07 Å². The molecule has 1 aliphatic carbocycles. The molecule has 0 amide bonds. The highest BCUT2D eigenvalue weighted by Crippen LogP contribution is 2.24. The highest BCUT2D eigenvalue weighted by molar-refractivity contribution is 7.89. The van der Waals surface area contributed by atoms with Crippen LogP contribution in [0, 0.1) is 0 Å². The van der Waals surface area contributed by atoms with Gasteiger partial charge in [-0.3, -0.25) is 0 Å². The fourth-order valence-corrected chi connectivity index (χ4v) is 2.42. The summed E-state index contributed by atoms with van der Waals surface area (Å²) in [7, 11) is -3.71. The van der Waals surface area contributed by atoms with E-state index < -0.39 is 10.0 Å². The molecule has 0 heterocycles. The van der Waals surface area contributed by atoms with Gasteiger partial charge >= 0.3 is 0 Å². The van der Waals surface area contributed by atoms with Gasteiger partial charge in [0.05, 0.1) is 4.90 Å². The van der Waals surface area contributed by atoms with Crippen molar-refractivity contribution in [3.8, 4) is 0 Å². The zero-order valence-electron chi connectivity index (χ0n) is 7.53. The number of fused-ring (bicyclic) bond motifs is 1. The minimum absolute atomic E-state index is 0.126. The van der Waals surface area contributed by atoms with E-state index in [9.17, 15) is 8.42 Å². The largest absolute Gasteiger partial charge is 0.302 e. The van der Waals surface area contributed by atoms with Gasteiger partial charge in [-0.05, 0) is 42.5 Å². The van der Waals surface area contributed by atoms with Gasteiger partial charge < -0.3 is 5.21 Å². The van der Waals surface area contributed by atoms with Gasteiger partial charge in [0.25, 0.3) is 10.0 Å². The van der Waals surface area contributed by atoms with Crippen LogP contribution in [0.1, 0.15) is 17.5 Å². The lowest BCUT2D eigenvalue weighted by atomic mass is 10.1. The molecule has 0 radical (unpaired) electrons. The Hall–Kier alpha value is -0.910. The maximum absolute atomic E-state index is 11.2. The first-order valence-corrected chi connectivity index (χ1v) is 5.89. The summed E-state index contributed by atoms with van der Waals surface area (Å²) < 4.78 is 22.5. The van der Waals surface area contributed by atoms with Gasteiger partial charge in [-0.2, -0.15) is 0 Å². The zero-order valence-corrected chi connectivity index (χ0v) is 8.34. The monoisotopic (exact) mass is 213 g/mol. The Labute approximate surface area is 82.6 Å². The lowest BCUT2D eigenvalue weighted by Gasteiger charge is -2.04. The fourth-order valence-electron chi connectivity index (χ4n) is 1.77. The Bertz CT molecular complexity index is 453. The van der Waals surface area contributed by atoms with Crippen molar-refractivity contribution in [2.75, 3.05) is 0 Å². The summed E-state index contributed by atoms with van der Waals surface area (Å²) in [6.45, 7) is 0. The number of hydrogen-bond acceptors (Lipinski definition) is 3. The minimum atomic E-state index is -3.71. The second-order valence-corrected chi connectivity index (χ2v) is 5.04. The fraction of sp³-hybridized carbons (Fsp3) is 0.333. The van der Waals surface area contributed by atoms with Crippen LogP contribution >= 0.6 is 0 Å². The summed E-state index contributed by atoms with van der Waals surface area (Å²) in [5, 5.41) is 8.46. The third-order valence-electron chi connectivity index (χ3n) is 2.50. The number of benzene rings is 1. The second-order valence-electron chi connectivity index (χ2n) is 3.38. The van der Waals surface area contributed by atoms with Crippen molar-refractivity contribution in [3.05, 3.63) is 29.3 Å². The second kappa shape index (κ2) is 3.34. The van der Waals surface area contributed by atoms with Gasteiger partial charge in [-0.25, -0.2) is 8.42 Å². The standard InChI is InChI=1S/C9H11NO3S/c11-10-14(12,13)9-5-4-7-2-1-3-8(7)6-9/h4-6,10-11H,1-3H2. The molecule has 0 unspecified atom stereocenters. The number of rotatable bonds is 2. The first-order valence-electron chi connectivity index (χ1n) is 4.41. The van der Waals surface area contributed by atoms with Crippen LogP contribution in [-0.4, -0.2) is 13.6 Å². The first-order chi connectivity index (χ1) is 6.63. The van der Waals surface area contributed by atoms with Gasteiger partial charge in [0.1, 0.15) is 0 Å². The third kappa shape index (κ3) is 1.54. The van der Waals surface area contributed by atoms with Crippen molar-refractivity contribution in [1.82, 2.24) is 4.89 Å². The van der Waals surface area contributed by atoms with Crippen molar-refractivity contribution in [1.29, 1.82) is 0 Å². The van der Waals surface area contributed by atoms with Crippen molar-refractivity contribution < 1.29 is 13.6 Å². The predicted molar refractivity (Wildman–Crippen MR) is 50.6 cm³/mol. The maximum atomic E-state index is 11.2. The van der Waals surface area contributed by atoms with E-state index in [2.05, 4.69) is 0 Å². The quantitative estimate of drug-likeness (QED) is 0.715. The van der Waals surface area contributed by atoms with Crippen molar-refractivity contribution in [2.45, 2.75) is 24.2 Å². The number of nitrogens with one attached hydrogen (secondary N) is 1. The Kier molecular flexibility index (Phi) is 2.30. The van der Waals surface area contributed by atoms with E-state index in [4.69, 9.17) is 5.21 Å². The van der Waals surface area contributed by atoms with E-state index in [1.165, 1.54) is 16.5 Å². The number of hydrogen-bond donors (Lipinski definition) is 2. The molecule has 1 aromatic carbocycles. The van der Waals surface area contributed by atoms with Gasteiger partial charge in [0.15, 0.2) is 0 Å². The molecule has 5 heteroatoms. The average molecular weight is 213 g/mol. The van der Waals surface area contributed by atoms with Crippen LogP contribution in [0.3, 0.4) is 0 Å². The molecule has 1 aromatic rings. The summed E-state index contributed by atoms with van der Waals surface area (Å²) >= 11 is 0. The average Bonchev–Trinajstić information content (AvgIpc) is 2.64. The summed E-state index contributed by atoms with van der Waals surface area (Å²) in [6, 6.07) is 4.95. The zero-order chi connectivity index (χ0) is 10.2. The molecule has 0 atom stereocenters. The van der Waals surface area contributed by atoms with Crippen LogP contribution in [0.5, 0.6) is 0 Å². The third-order valence-corrected chi connectivity index (χ3v) is 3.62.